The SMILES string of the molecule is COc1ccc(/C=C/C(=O)Nc2ccc(N3CCOCC3)c(Br)c2)cc1. The number of carbonyl (C=O) groups excluding carboxylic acids is 1. The quantitative estimate of drug-likeness (QED) is 0.749. The van der Waals surface area contributed by atoms with Crippen LogP contribution in [0.25, 0.3) is 6.08 Å². The molecule has 0 atom stereocenters. The van der Waals surface area contributed by atoms with Gasteiger partial charge < -0.3 is 19.7 Å². The molecule has 0 aliphatic carbocycles. The van der Waals surface area contributed by atoms with E-state index in [1.807, 2.05) is 42.5 Å². The highest BCUT2D eigenvalue weighted by atomic mass is 79.9. The largest absolute Gasteiger partial charge is 0.497 e. The van der Waals surface area contributed by atoms with Crippen LogP contribution in [0.3, 0.4) is 0 Å². The number of anilines is 2. The second kappa shape index (κ2) is 8.87. The van der Waals surface area contributed by atoms with E-state index < -0.39 is 0 Å². The summed E-state index contributed by atoms with van der Waals surface area (Å²) in [5.41, 5.74) is 2.79. The van der Waals surface area contributed by atoms with E-state index in [4.69, 9.17) is 9.47 Å². The van der Waals surface area contributed by atoms with E-state index >= 15 is 0 Å². The van der Waals surface area contributed by atoms with Gasteiger partial charge in [0.15, 0.2) is 0 Å². The smallest absolute Gasteiger partial charge is 0.248 e. The van der Waals surface area contributed by atoms with Gasteiger partial charge in [-0.2, -0.15) is 0 Å². The Morgan fingerprint density at radius 2 is 1.92 bits per heavy atom. The first kappa shape index (κ1) is 18.5. The van der Waals surface area contributed by atoms with Gasteiger partial charge in [-0.25, -0.2) is 0 Å². The maximum atomic E-state index is 12.1. The molecule has 0 spiro atoms. The lowest BCUT2D eigenvalue weighted by molar-refractivity contribution is -0.111. The normalized spacial score (nSPS) is 14.5. The Hall–Kier alpha value is -2.31. The fourth-order valence-electron chi connectivity index (χ4n) is 2.72. The van der Waals surface area contributed by atoms with E-state index in [1.54, 1.807) is 13.2 Å². The van der Waals surface area contributed by atoms with E-state index in [1.165, 1.54) is 6.08 Å². The first-order valence-electron chi connectivity index (χ1n) is 8.41. The third-order valence-corrected chi connectivity index (χ3v) is 4.75. The van der Waals surface area contributed by atoms with Crippen LogP contribution >= 0.6 is 15.9 Å². The monoisotopic (exact) mass is 416 g/mol. The topological polar surface area (TPSA) is 50.8 Å². The molecule has 1 aliphatic heterocycles. The Balaban J connectivity index is 1.61. The lowest BCUT2D eigenvalue weighted by Gasteiger charge is -2.29. The number of carbonyl (C=O) groups is 1. The van der Waals surface area contributed by atoms with Crippen LogP contribution in [0.4, 0.5) is 11.4 Å². The molecule has 0 unspecified atom stereocenters. The number of halogens is 1. The standard InChI is InChI=1S/C20H21BrN2O3/c1-25-17-6-2-15(3-7-17)4-9-20(24)22-16-5-8-19(18(21)14-16)23-10-12-26-13-11-23/h2-9,14H,10-13H2,1H3,(H,22,24)/b9-4+. The Kier molecular flexibility index (Phi) is 6.30. The van der Waals surface area contributed by atoms with Gasteiger partial charge in [0.2, 0.25) is 5.91 Å². The van der Waals surface area contributed by atoms with Crippen LogP contribution in [0.5, 0.6) is 5.75 Å². The molecule has 1 heterocycles. The van der Waals surface area contributed by atoms with Crippen molar-refractivity contribution < 1.29 is 14.3 Å². The maximum absolute atomic E-state index is 12.1. The van der Waals surface area contributed by atoms with Crippen LogP contribution in [0.1, 0.15) is 5.56 Å². The van der Waals surface area contributed by atoms with E-state index in [0.29, 0.717) is 0 Å². The van der Waals surface area contributed by atoms with Crippen LogP contribution in [0.15, 0.2) is 53.0 Å². The molecule has 0 aromatic heterocycles. The molecule has 136 valence electrons. The molecule has 1 fully saturated rings. The molecule has 1 saturated heterocycles. The van der Waals surface area contributed by atoms with Crippen molar-refractivity contribution >= 4 is 39.3 Å². The van der Waals surface area contributed by atoms with Crippen molar-refractivity contribution in [1.29, 1.82) is 0 Å². The van der Waals surface area contributed by atoms with E-state index in [2.05, 4.69) is 26.1 Å². The summed E-state index contributed by atoms with van der Waals surface area (Å²) < 4.78 is 11.5. The molecule has 0 bridgehead atoms. The number of benzene rings is 2. The summed E-state index contributed by atoms with van der Waals surface area (Å²) in [6, 6.07) is 13.4. The molecule has 1 N–H and O–H groups in total. The minimum Gasteiger partial charge on any atom is -0.497 e. The van der Waals surface area contributed by atoms with Gasteiger partial charge in [-0.3, -0.25) is 4.79 Å². The summed E-state index contributed by atoms with van der Waals surface area (Å²) in [4.78, 5) is 14.4. The van der Waals surface area contributed by atoms with Crippen molar-refractivity contribution in [2.75, 3.05) is 43.6 Å². The highest BCUT2D eigenvalue weighted by Gasteiger charge is 2.14. The maximum Gasteiger partial charge on any atom is 0.248 e. The molecule has 5 nitrogen and oxygen atoms in total. The number of hydrogen-bond acceptors (Lipinski definition) is 4. The number of hydrogen-bond donors (Lipinski definition) is 1. The van der Waals surface area contributed by atoms with Crippen molar-refractivity contribution in [3.05, 3.63) is 58.6 Å². The number of methoxy groups -OCH3 is 1. The molecule has 0 radical (unpaired) electrons. The summed E-state index contributed by atoms with van der Waals surface area (Å²) in [6.07, 6.45) is 3.29. The number of morpholine rings is 1. The van der Waals surface area contributed by atoms with E-state index in [-0.39, 0.29) is 5.91 Å². The van der Waals surface area contributed by atoms with Gasteiger partial charge in [0, 0.05) is 29.3 Å². The summed E-state index contributed by atoms with van der Waals surface area (Å²) in [6.45, 7) is 3.21. The Morgan fingerprint density at radius 3 is 2.58 bits per heavy atom. The van der Waals surface area contributed by atoms with Crippen LogP contribution in [-0.4, -0.2) is 39.3 Å². The van der Waals surface area contributed by atoms with Gasteiger partial charge in [-0.1, -0.05) is 12.1 Å². The fraction of sp³-hybridized carbons (Fsp3) is 0.250. The summed E-state index contributed by atoms with van der Waals surface area (Å²) in [5.74, 6) is 0.614. The molecular weight excluding hydrogens is 396 g/mol. The van der Waals surface area contributed by atoms with Crippen molar-refractivity contribution in [2.24, 2.45) is 0 Å². The number of amides is 1. The van der Waals surface area contributed by atoms with Gasteiger partial charge in [0.1, 0.15) is 5.75 Å². The third-order valence-electron chi connectivity index (χ3n) is 4.11. The van der Waals surface area contributed by atoms with E-state index in [9.17, 15) is 4.79 Å². The van der Waals surface area contributed by atoms with Crippen LogP contribution in [0.2, 0.25) is 0 Å². The average molecular weight is 417 g/mol. The lowest BCUT2D eigenvalue weighted by Crippen LogP contribution is -2.36. The van der Waals surface area contributed by atoms with Crippen LogP contribution in [-0.2, 0) is 9.53 Å². The first-order valence-corrected chi connectivity index (χ1v) is 9.20. The molecule has 1 amide bonds. The highest BCUT2D eigenvalue weighted by molar-refractivity contribution is 9.10. The number of rotatable bonds is 5. The number of ether oxygens (including phenoxy) is 2. The Morgan fingerprint density at radius 1 is 1.19 bits per heavy atom. The molecule has 6 heteroatoms. The summed E-state index contributed by atoms with van der Waals surface area (Å²) in [7, 11) is 1.63. The second-order valence-electron chi connectivity index (χ2n) is 5.86. The molecular formula is C20H21BrN2O3. The van der Waals surface area contributed by atoms with Crippen molar-refractivity contribution in [3.8, 4) is 5.75 Å². The molecule has 3 rings (SSSR count). The molecule has 1 aliphatic rings. The van der Waals surface area contributed by atoms with Gasteiger partial charge in [0.25, 0.3) is 0 Å². The molecule has 2 aromatic rings. The fourth-order valence-corrected chi connectivity index (χ4v) is 3.35. The minimum atomic E-state index is -0.174. The third kappa shape index (κ3) is 4.86. The van der Waals surface area contributed by atoms with Gasteiger partial charge in [0.05, 0.1) is 26.0 Å². The predicted molar refractivity (Wildman–Crippen MR) is 108 cm³/mol. The van der Waals surface area contributed by atoms with Crippen molar-refractivity contribution in [3.63, 3.8) is 0 Å². The van der Waals surface area contributed by atoms with E-state index in [0.717, 1.165) is 53.5 Å². The van der Waals surface area contributed by atoms with Crippen molar-refractivity contribution in [1.82, 2.24) is 0 Å². The average Bonchev–Trinajstić information content (AvgIpc) is 2.67. The first-order chi connectivity index (χ1) is 12.7. The second-order valence-corrected chi connectivity index (χ2v) is 6.72. The lowest BCUT2D eigenvalue weighted by atomic mass is 10.2. The van der Waals surface area contributed by atoms with Crippen LogP contribution < -0.4 is 15.0 Å². The zero-order chi connectivity index (χ0) is 18.4. The summed E-state index contributed by atoms with van der Waals surface area (Å²) in [5, 5.41) is 2.88. The minimum absolute atomic E-state index is 0.174. The zero-order valence-electron chi connectivity index (χ0n) is 14.6. The number of nitrogens with one attached hydrogen (secondary N) is 1. The molecule has 2 aromatic carbocycles. The number of nitrogens with zero attached hydrogens (tertiary/aromatic N) is 1. The van der Waals surface area contributed by atoms with Gasteiger partial charge in [-0.15, -0.1) is 0 Å². The molecule has 26 heavy (non-hydrogen) atoms. The van der Waals surface area contributed by atoms with Crippen LogP contribution in [0, 0.1) is 0 Å². The summed E-state index contributed by atoms with van der Waals surface area (Å²) >= 11 is 3.60. The zero-order valence-corrected chi connectivity index (χ0v) is 16.2. The van der Waals surface area contributed by atoms with Gasteiger partial charge >= 0.3 is 0 Å². The molecule has 0 saturated carbocycles. The van der Waals surface area contributed by atoms with Crippen molar-refractivity contribution in [2.45, 2.75) is 0 Å². The Labute approximate surface area is 161 Å². The predicted octanol–water partition coefficient (Wildman–Crippen LogP) is 3.95. The van der Waals surface area contributed by atoms with Gasteiger partial charge in [-0.05, 0) is 57.9 Å². The Bertz CT molecular complexity index is 784. The highest BCUT2D eigenvalue weighted by Crippen LogP contribution is 2.29.